The predicted molar refractivity (Wildman–Crippen MR) is 97.3 cm³/mol. The Hall–Kier alpha value is -1.95. The van der Waals surface area contributed by atoms with Crippen molar-refractivity contribution >= 4 is 17.5 Å². The number of piperidine rings is 1. The SMILES string of the molecule is CC(C)CCC(=O)N1CCC2(CC1)CN(c1ccc(F)cc1)C(=O)CO2. The van der Waals surface area contributed by atoms with Gasteiger partial charge in [0.05, 0.1) is 12.1 Å². The van der Waals surface area contributed by atoms with E-state index in [0.717, 1.165) is 6.42 Å². The minimum Gasteiger partial charge on any atom is -0.363 e. The smallest absolute Gasteiger partial charge is 0.253 e. The molecule has 2 aliphatic rings. The van der Waals surface area contributed by atoms with Crippen molar-refractivity contribution in [3.05, 3.63) is 30.1 Å². The number of likely N-dealkylation sites (tertiary alicyclic amines) is 1. The first-order chi connectivity index (χ1) is 12.4. The van der Waals surface area contributed by atoms with E-state index in [1.807, 2.05) is 4.90 Å². The van der Waals surface area contributed by atoms with Gasteiger partial charge in [-0.15, -0.1) is 0 Å². The number of carbonyl (C=O) groups excluding carboxylic acids is 2. The number of halogens is 1. The maximum Gasteiger partial charge on any atom is 0.253 e. The molecule has 26 heavy (non-hydrogen) atoms. The fourth-order valence-electron chi connectivity index (χ4n) is 3.61. The van der Waals surface area contributed by atoms with Gasteiger partial charge >= 0.3 is 0 Å². The lowest BCUT2D eigenvalue weighted by Crippen LogP contribution is -2.59. The first-order valence-corrected chi connectivity index (χ1v) is 9.36. The van der Waals surface area contributed by atoms with Crippen molar-refractivity contribution in [1.29, 1.82) is 0 Å². The average Bonchev–Trinajstić information content (AvgIpc) is 2.63. The van der Waals surface area contributed by atoms with Crippen molar-refractivity contribution in [3.63, 3.8) is 0 Å². The minimum atomic E-state index is -0.420. The number of ether oxygens (including phenoxy) is 1. The summed E-state index contributed by atoms with van der Waals surface area (Å²) in [6.07, 6.45) is 2.92. The molecule has 142 valence electrons. The summed E-state index contributed by atoms with van der Waals surface area (Å²) >= 11 is 0. The lowest BCUT2D eigenvalue weighted by atomic mass is 9.88. The van der Waals surface area contributed by atoms with Crippen LogP contribution in [0.1, 0.15) is 39.5 Å². The predicted octanol–water partition coefficient (Wildman–Crippen LogP) is 2.99. The topological polar surface area (TPSA) is 49.9 Å². The van der Waals surface area contributed by atoms with Gasteiger partial charge in [0.1, 0.15) is 12.4 Å². The zero-order chi connectivity index (χ0) is 18.7. The highest BCUT2D eigenvalue weighted by Crippen LogP contribution is 2.33. The fraction of sp³-hybridized carbons (Fsp3) is 0.600. The van der Waals surface area contributed by atoms with Crippen LogP contribution in [0.4, 0.5) is 10.1 Å². The highest BCUT2D eigenvalue weighted by atomic mass is 19.1. The van der Waals surface area contributed by atoms with Crippen molar-refractivity contribution < 1.29 is 18.7 Å². The molecular weight excluding hydrogens is 335 g/mol. The molecule has 2 heterocycles. The summed E-state index contributed by atoms with van der Waals surface area (Å²) in [5, 5.41) is 0. The Morgan fingerprint density at radius 1 is 1.23 bits per heavy atom. The van der Waals surface area contributed by atoms with Gasteiger partial charge in [0.15, 0.2) is 0 Å². The summed E-state index contributed by atoms with van der Waals surface area (Å²) in [7, 11) is 0. The molecule has 0 N–H and O–H groups in total. The molecule has 0 unspecified atom stereocenters. The molecule has 2 fully saturated rings. The van der Waals surface area contributed by atoms with E-state index in [4.69, 9.17) is 4.74 Å². The van der Waals surface area contributed by atoms with Crippen LogP contribution >= 0.6 is 0 Å². The van der Waals surface area contributed by atoms with E-state index in [9.17, 15) is 14.0 Å². The van der Waals surface area contributed by atoms with Gasteiger partial charge in [-0.2, -0.15) is 0 Å². The molecule has 6 heteroatoms. The zero-order valence-electron chi connectivity index (χ0n) is 15.5. The second-order valence-corrected chi connectivity index (χ2v) is 7.74. The van der Waals surface area contributed by atoms with Crippen molar-refractivity contribution in [3.8, 4) is 0 Å². The number of carbonyl (C=O) groups is 2. The standard InChI is InChI=1S/C20H27FN2O3/c1-15(2)3-8-18(24)22-11-9-20(10-12-22)14-23(19(25)13-26-20)17-6-4-16(21)5-7-17/h4-7,15H,3,8-14H2,1-2H3. The van der Waals surface area contributed by atoms with Gasteiger partial charge in [0, 0.05) is 25.2 Å². The molecule has 0 aliphatic carbocycles. The summed E-state index contributed by atoms with van der Waals surface area (Å²) in [6, 6.07) is 5.97. The monoisotopic (exact) mass is 362 g/mol. The summed E-state index contributed by atoms with van der Waals surface area (Å²) in [5.74, 6) is 0.290. The molecule has 1 aromatic rings. The number of benzene rings is 1. The molecule has 2 amide bonds. The van der Waals surface area contributed by atoms with Gasteiger partial charge in [-0.3, -0.25) is 9.59 Å². The van der Waals surface area contributed by atoms with Crippen LogP contribution in [0.5, 0.6) is 0 Å². The largest absolute Gasteiger partial charge is 0.363 e. The Labute approximate surface area is 154 Å². The zero-order valence-corrected chi connectivity index (χ0v) is 15.5. The van der Waals surface area contributed by atoms with E-state index in [0.29, 0.717) is 50.5 Å². The molecule has 0 bridgehead atoms. The average molecular weight is 362 g/mol. The van der Waals surface area contributed by atoms with Gasteiger partial charge in [-0.05, 0) is 49.4 Å². The van der Waals surface area contributed by atoms with Gasteiger partial charge in [-0.1, -0.05) is 13.8 Å². The number of hydrogen-bond donors (Lipinski definition) is 0. The molecule has 3 rings (SSSR count). The summed E-state index contributed by atoms with van der Waals surface area (Å²) < 4.78 is 19.1. The van der Waals surface area contributed by atoms with Crippen molar-refractivity contribution in [1.82, 2.24) is 4.90 Å². The fourth-order valence-corrected chi connectivity index (χ4v) is 3.61. The quantitative estimate of drug-likeness (QED) is 0.827. The molecule has 0 aromatic heterocycles. The van der Waals surface area contributed by atoms with Crippen LogP contribution in [-0.2, 0) is 14.3 Å². The van der Waals surface area contributed by atoms with Gasteiger partial charge in [0.25, 0.3) is 5.91 Å². The third kappa shape index (κ3) is 4.23. The first-order valence-electron chi connectivity index (χ1n) is 9.36. The normalized spacial score (nSPS) is 20.1. The molecule has 5 nitrogen and oxygen atoms in total. The van der Waals surface area contributed by atoms with E-state index >= 15 is 0 Å². The Morgan fingerprint density at radius 2 is 1.88 bits per heavy atom. The highest BCUT2D eigenvalue weighted by molar-refractivity contribution is 5.95. The van der Waals surface area contributed by atoms with E-state index in [-0.39, 0.29) is 24.2 Å². The van der Waals surface area contributed by atoms with E-state index < -0.39 is 5.60 Å². The van der Waals surface area contributed by atoms with Crippen LogP contribution in [0.15, 0.2) is 24.3 Å². The summed E-state index contributed by atoms with van der Waals surface area (Å²) in [5.41, 5.74) is 0.270. The highest BCUT2D eigenvalue weighted by Gasteiger charge is 2.43. The van der Waals surface area contributed by atoms with Crippen molar-refractivity contribution in [2.75, 3.05) is 31.1 Å². The van der Waals surface area contributed by atoms with Crippen LogP contribution in [-0.4, -0.2) is 48.6 Å². The molecule has 0 saturated carbocycles. The lowest BCUT2D eigenvalue weighted by molar-refractivity contribution is -0.150. The molecular formula is C20H27FN2O3. The van der Waals surface area contributed by atoms with E-state index in [1.54, 1.807) is 17.0 Å². The molecule has 1 aromatic carbocycles. The van der Waals surface area contributed by atoms with Crippen LogP contribution in [0.2, 0.25) is 0 Å². The Kier molecular flexibility index (Phi) is 5.61. The van der Waals surface area contributed by atoms with Crippen LogP contribution < -0.4 is 4.90 Å². The van der Waals surface area contributed by atoms with Gasteiger partial charge < -0.3 is 14.5 Å². The van der Waals surface area contributed by atoms with Gasteiger partial charge in [-0.25, -0.2) is 4.39 Å². The van der Waals surface area contributed by atoms with Crippen LogP contribution in [0.25, 0.3) is 0 Å². The maximum atomic E-state index is 13.2. The number of morpholine rings is 1. The Bertz CT molecular complexity index is 652. The number of anilines is 1. The minimum absolute atomic E-state index is 0.0265. The number of rotatable bonds is 4. The van der Waals surface area contributed by atoms with Gasteiger partial charge in [0.2, 0.25) is 5.91 Å². The second kappa shape index (κ2) is 7.74. The molecule has 0 radical (unpaired) electrons. The lowest BCUT2D eigenvalue weighted by Gasteiger charge is -2.47. The molecule has 1 spiro atoms. The number of hydrogen-bond acceptors (Lipinski definition) is 3. The van der Waals surface area contributed by atoms with Crippen molar-refractivity contribution in [2.24, 2.45) is 5.92 Å². The molecule has 2 aliphatic heterocycles. The van der Waals surface area contributed by atoms with Crippen LogP contribution in [0, 0.1) is 11.7 Å². The maximum absolute atomic E-state index is 13.2. The summed E-state index contributed by atoms with van der Waals surface area (Å²) in [6.45, 7) is 6.03. The third-order valence-corrected chi connectivity index (χ3v) is 5.35. The number of amides is 2. The van der Waals surface area contributed by atoms with Crippen molar-refractivity contribution in [2.45, 2.75) is 45.1 Å². The second-order valence-electron chi connectivity index (χ2n) is 7.74. The Morgan fingerprint density at radius 3 is 2.50 bits per heavy atom. The van der Waals surface area contributed by atoms with E-state index in [1.165, 1.54) is 12.1 Å². The first kappa shape index (κ1) is 18.8. The molecule has 0 atom stereocenters. The van der Waals surface area contributed by atoms with Crippen LogP contribution in [0.3, 0.4) is 0 Å². The summed E-state index contributed by atoms with van der Waals surface area (Å²) in [4.78, 5) is 28.2. The third-order valence-electron chi connectivity index (χ3n) is 5.35. The number of nitrogens with zero attached hydrogens (tertiary/aromatic N) is 2. The Balaban J connectivity index is 1.62. The molecule has 2 saturated heterocycles. The van der Waals surface area contributed by atoms with E-state index in [2.05, 4.69) is 13.8 Å².